The fourth-order valence-electron chi connectivity index (χ4n) is 2.35. The van der Waals surface area contributed by atoms with Gasteiger partial charge in [-0.3, -0.25) is 0 Å². The molecule has 0 saturated heterocycles. The predicted molar refractivity (Wildman–Crippen MR) is 88.7 cm³/mol. The van der Waals surface area contributed by atoms with Crippen LogP contribution in [0.2, 0.25) is 0 Å². The number of rotatable bonds is 6. The Morgan fingerprint density at radius 3 is 2.57 bits per heavy atom. The minimum absolute atomic E-state index is 0.190. The molecule has 2 nitrogen and oxygen atoms in total. The van der Waals surface area contributed by atoms with Crippen molar-refractivity contribution in [1.82, 2.24) is 0 Å². The normalized spacial score (nSPS) is 12.2. The van der Waals surface area contributed by atoms with Gasteiger partial charge in [-0.25, -0.2) is 0 Å². The topological polar surface area (TPSA) is 35.2 Å². The van der Waals surface area contributed by atoms with Crippen LogP contribution in [-0.4, -0.2) is 6.04 Å². The lowest BCUT2D eigenvalue weighted by Gasteiger charge is -2.15. The second-order valence-corrected chi connectivity index (χ2v) is 5.70. The number of hydrogen-bond donors (Lipinski definition) is 1. The maximum atomic E-state index is 6.07. The molecular formula is C19H25NO. The van der Waals surface area contributed by atoms with Gasteiger partial charge in [-0.2, -0.15) is 0 Å². The van der Waals surface area contributed by atoms with Gasteiger partial charge < -0.3 is 10.5 Å². The first kappa shape index (κ1) is 15.6. The number of nitrogens with two attached hydrogens (primary N) is 1. The zero-order valence-corrected chi connectivity index (χ0v) is 13.2. The molecule has 0 saturated carbocycles. The van der Waals surface area contributed by atoms with Crippen LogP contribution in [-0.2, 0) is 13.0 Å². The van der Waals surface area contributed by atoms with Crippen molar-refractivity contribution in [2.75, 3.05) is 0 Å². The molecule has 0 amide bonds. The average molecular weight is 283 g/mol. The van der Waals surface area contributed by atoms with Gasteiger partial charge >= 0.3 is 0 Å². The lowest BCUT2D eigenvalue weighted by molar-refractivity contribution is 0.301. The molecule has 0 spiro atoms. The Kier molecular flexibility index (Phi) is 5.40. The zero-order chi connectivity index (χ0) is 15.2. The third-order valence-electron chi connectivity index (χ3n) is 3.87. The number of benzene rings is 2. The van der Waals surface area contributed by atoms with E-state index < -0.39 is 0 Å². The van der Waals surface area contributed by atoms with E-state index in [0.717, 1.165) is 18.6 Å². The smallest absolute Gasteiger partial charge is 0.123 e. The number of aryl methyl sites for hydroxylation is 2. The van der Waals surface area contributed by atoms with Gasteiger partial charge in [0.2, 0.25) is 0 Å². The molecule has 21 heavy (non-hydrogen) atoms. The Morgan fingerprint density at radius 2 is 1.81 bits per heavy atom. The Morgan fingerprint density at radius 1 is 1.05 bits per heavy atom. The van der Waals surface area contributed by atoms with Crippen LogP contribution in [0.3, 0.4) is 0 Å². The highest BCUT2D eigenvalue weighted by Crippen LogP contribution is 2.22. The molecule has 1 atom stereocenters. The summed E-state index contributed by atoms with van der Waals surface area (Å²) in [5.74, 6) is 0.947. The van der Waals surface area contributed by atoms with E-state index in [4.69, 9.17) is 10.5 Å². The summed E-state index contributed by atoms with van der Waals surface area (Å²) in [6, 6.07) is 14.9. The monoisotopic (exact) mass is 283 g/mol. The third kappa shape index (κ3) is 4.33. The van der Waals surface area contributed by atoms with Crippen LogP contribution < -0.4 is 10.5 Å². The summed E-state index contributed by atoms with van der Waals surface area (Å²) in [5.41, 5.74) is 11.0. The fourth-order valence-corrected chi connectivity index (χ4v) is 2.35. The molecule has 0 heterocycles. The van der Waals surface area contributed by atoms with Gasteiger partial charge in [0, 0.05) is 6.04 Å². The highest BCUT2D eigenvalue weighted by Gasteiger charge is 2.08. The molecule has 0 fully saturated rings. The maximum absolute atomic E-state index is 6.07. The first-order chi connectivity index (χ1) is 10.1. The Labute approximate surface area is 127 Å². The van der Waals surface area contributed by atoms with E-state index in [1.54, 1.807) is 0 Å². The molecule has 2 aromatic carbocycles. The summed E-state index contributed by atoms with van der Waals surface area (Å²) in [4.78, 5) is 0. The zero-order valence-electron chi connectivity index (χ0n) is 13.2. The Balaban J connectivity index is 2.11. The van der Waals surface area contributed by atoms with Crippen LogP contribution in [0.1, 0.15) is 35.6 Å². The minimum atomic E-state index is 0.190. The lowest BCUT2D eigenvalue weighted by Crippen LogP contribution is -2.21. The molecule has 0 aromatic heterocycles. The molecular weight excluding hydrogens is 258 g/mol. The van der Waals surface area contributed by atoms with Gasteiger partial charge in [0.25, 0.3) is 0 Å². The average Bonchev–Trinajstić information content (AvgIpc) is 2.49. The third-order valence-corrected chi connectivity index (χ3v) is 3.87. The molecule has 2 rings (SSSR count). The largest absolute Gasteiger partial charge is 0.489 e. The number of hydrogen-bond acceptors (Lipinski definition) is 2. The van der Waals surface area contributed by atoms with Crippen molar-refractivity contribution in [1.29, 1.82) is 0 Å². The Bertz CT molecular complexity index is 592. The second kappa shape index (κ2) is 7.28. The molecule has 0 aliphatic carbocycles. The molecule has 2 aromatic rings. The van der Waals surface area contributed by atoms with E-state index in [1.165, 1.54) is 22.3 Å². The molecule has 0 aliphatic heterocycles. The predicted octanol–water partition coefficient (Wildman–Crippen LogP) is 4.16. The van der Waals surface area contributed by atoms with Crippen LogP contribution >= 0.6 is 0 Å². The van der Waals surface area contributed by atoms with Gasteiger partial charge in [0.1, 0.15) is 12.4 Å². The lowest BCUT2D eigenvalue weighted by atomic mass is 10.0. The van der Waals surface area contributed by atoms with Crippen LogP contribution in [0.5, 0.6) is 5.75 Å². The molecule has 2 heteroatoms. The van der Waals surface area contributed by atoms with Crippen LogP contribution in [0.4, 0.5) is 0 Å². The van der Waals surface area contributed by atoms with E-state index >= 15 is 0 Å². The summed E-state index contributed by atoms with van der Waals surface area (Å²) >= 11 is 0. The number of para-hydroxylation sites is 1. The van der Waals surface area contributed by atoms with Gasteiger partial charge in [-0.15, -0.1) is 0 Å². The standard InChI is InChI=1S/C19H25NO/c1-4-18(20)12-16-7-5-6-8-19(16)21-13-17-11-14(2)9-10-15(17)3/h5-11,18H,4,12-13,20H2,1-3H3. The maximum Gasteiger partial charge on any atom is 0.123 e. The SMILES string of the molecule is CCC(N)Cc1ccccc1OCc1cc(C)ccc1C. The quantitative estimate of drug-likeness (QED) is 0.864. The summed E-state index contributed by atoms with van der Waals surface area (Å²) in [5, 5.41) is 0. The second-order valence-electron chi connectivity index (χ2n) is 5.70. The van der Waals surface area contributed by atoms with Crippen molar-refractivity contribution in [2.24, 2.45) is 5.73 Å². The first-order valence-corrected chi connectivity index (χ1v) is 7.62. The highest BCUT2D eigenvalue weighted by molar-refractivity contribution is 5.35. The van der Waals surface area contributed by atoms with Gasteiger partial charge in [0.15, 0.2) is 0 Å². The molecule has 0 aliphatic rings. The van der Waals surface area contributed by atoms with Gasteiger partial charge in [-0.05, 0) is 49.4 Å². The molecule has 0 radical (unpaired) electrons. The van der Waals surface area contributed by atoms with E-state index in [1.807, 2.05) is 18.2 Å². The first-order valence-electron chi connectivity index (χ1n) is 7.62. The highest BCUT2D eigenvalue weighted by atomic mass is 16.5. The van der Waals surface area contributed by atoms with Crippen molar-refractivity contribution >= 4 is 0 Å². The van der Waals surface area contributed by atoms with Gasteiger partial charge in [-0.1, -0.05) is 48.9 Å². The molecule has 2 N–H and O–H groups in total. The van der Waals surface area contributed by atoms with Crippen LogP contribution in [0.25, 0.3) is 0 Å². The van der Waals surface area contributed by atoms with Crippen molar-refractivity contribution in [3.63, 3.8) is 0 Å². The van der Waals surface area contributed by atoms with Crippen molar-refractivity contribution < 1.29 is 4.74 Å². The summed E-state index contributed by atoms with van der Waals surface area (Å²) < 4.78 is 6.05. The minimum Gasteiger partial charge on any atom is -0.489 e. The van der Waals surface area contributed by atoms with E-state index in [-0.39, 0.29) is 6.04 Å². The van der Waals surface area contributed by atoms with E-state index in [9.17, 15) is 0 Å². The fraction of sp³-hybridized carbons (Fsp3) is 0.368. The summed E-state index contributed by atoms with van der Waals surface area (Å²) in [6.07, 6.45) is 1.84. The van der Waals surface area contributed by atoms with Crippen LogP contribution in [0, 0.1) is 13.8 Å². The van der Waals surface area contributed by atoms with E-state index in [0.29, 0.717) is 6.61 Å². The van der Waals surface area contributed by atoms with Crippen molar-refractivity contribution in [3.8, 4) is 5.75 Å². The van der Waals surface area contributed by atoms with Gasteiger partial charge in [0.05, 0.1) is 0 Å². The van der Waals surface area contributed by atoms with E-state index in [2.05, 4.69) is 45.0 Å². The van der Waals surface area contributed by atoms with Crippen molar-refractivity contribution in [2.45, 2.75) is 46.3 Å². The summed E-state index contributed by atoms with van der Waals surface area (Å²) in [7, 11) is 0. The Hall–Kier alpha value is -1.80. The van der Waals surface area contributed by atoms with Crippen LogP contribution in [0.15, 0.2) is 42.5 Å². The molecule has 1 unspecified atom stereocenters. The number of ether oxygens (including phenoxy) is 1. The van der Waals surface area contributed by atoms with Crippen molar-refractivity contribution in [3.05, 3.63) is 64.7 Å². The summed E-state index contributed by atoms with van der Waals surface area (Å²) in [6.45, 7) is 6.95. The molecule has 112 valence electrons. The molecule has 0 bridgehead atoms.